The van der Waals surface area contributed by atoms with Crippen LogP contribution < -0.4 is 15.4 Å². The number of amides is 2. The molecule has 8 nitrogen and oxygen atoms in total. The minimum Gasteiger partial charge on any atom is -0.497 e. The van der Waals surface area contributed by atoms with Gasteiger partial charge >= 0.3 is 17.8 Å². The third-order valence-corrected chi connectivity index (χ3v) is 5.99. The van der Waals surface area contributed by atoms with Gasteiger partial charge in [-0.05, 0) is 49.6 Å². The van der Waals surface area contributed by atoms with Gasteiger partial charge in [-0.15, -0.1) is 11.3 Å². The molecule has 3 N–H and O–H groups in total. The molecule has 0 saturated heterocycles. The molecule has 158 valence electrons. The van der Waals surface area contributed by atoms with E-state index in [2.05, 4.69) is 15.6 Å². The predicted molar refractivity (Wildman–Crippen MR) is 115 cm³/mol. The van der Waals surface area contributed by atoms with Crippen molar-refractivity contribution in [1.29, 1.82) is 0 Å². The number of aromatic amines is 1. The molecular weight excluding hydrogens is 406 g/mol. The molecule has 0 bridgehead atoms. The molecule has 0 aliphatic carbocycles. The van der Waals surface area contributed by atoms with Gasteiger partial charge in [0.25, 0.3) is 0 Å². The van der Waals surface area contributed by atoms with Crippen molar-refractivity contribution in [3.63, 3.8) is 0 Å². The average Bonchev–Trinajstić information content (AvgIpc) is 3.27. The number of nitrogens with one attached hydrogen (secondary N) is 3. The molecule has 3 aromatic rings. The Kier molecular flexibility index (Phi) is 6.41. The largest absolute Gasteiger partial charge is 0.497 e. The average molecular weight is 429 g/mol. The van der Waals surface area contributed by atoms with E-state index >= 15 is 0 Å². The van der Waals surface area contributed by atoms with E-state index in [9.17, 15) is 14.4 Å². The number of aromatic nitrogens is 1. The van der Waals surface area contributed by atoms with E-state index in [4.69, 9.17) is 9.47 Å². The summed E-state index contributed by atoms with van der Waals surface area (Å²) in [6, 6.07) is 5.71. The number of benzene rings is 1. The van der Waals surface area contributed by atoms with Crippen LogP contribution in [0.3, 0.4) is 0 Å². The van der Waals surface area contributed by atoms with Crippen molar-refractivity contribution in [2.24, 2.45) is 0 Å². The number of rotatable bonds is 6. The van der Waals surface area contributed by atoms with Crippen LogP contribution in [0.15, 0.2) is 24.4 Å². The molecule has 0 saturated carbocycles. The second-order valence-electron chi connectivity index (χ2n) is 6.66. The normalized spacial score (nSPS) is 10.7. The molecule has 0 fully saturated rings. The number of H-pyrrole nitrogens is 1. The van der Waals surface area contributed by atoms with Crippen LogP contribution in [0.4, 0.5) is 5.00 Å². The van der Waals surface area contributed by atoms with Gasteiger partial charge in [0.1, 0.15) is 10.8 Å². The van der Waals surface area contributed by atoms with E-state index < -0.39 is 17.8 Å². The molecule has 0 radical (unpaired) electrons. The lowest BCUT2D eigenvalue weighted by Gasteiger charge is -2.07. The molecule has 2 heterocycles. The zero-order chi connectivity index (χ0) is 21.8. The fourth-order valence-electron chi connectivity index (χ4n) is 3.11. The monoisotopic (exact) mass is 429 g/mol. The molecule has 30 heavy (non-hydrogen) atoms. The van der Waals surface area contributed by atoms with Gasteiger partial charge in [-0.25, -0.2) is 4.79 Å². The lowest BCUT2D eigenvalue weighted by molar-refractivity contribution is -0.136. The van der Waals surface area contributed by atoms with Crippen LogP contribution in [0.1, 0.15) is 26.4 Å². The highest BCUT2D eigenvalue weighted by Gasteiger charge is 2.23. The van der Waals surface area contributed by atoms with Crippen LogP contribution in [0.25, 0.3) is 10.9 Å². The van der Waals surface area contributed by atoms with Crippen molar-refractivity contribution in [3.8, 4) is 5.75 Å². The van der Waals surface area contributed by atoms with Gasteiger partial charge < -0.3 is 25.1 Å². The zero-order valence-corrected chi connectivity index (χ0v) is 18.0. The first-order valence-electron chi connectivity index (χ1n) is 9.27. The fourth-order valence-corrected chi connectivity index (χ4v) is 4.15. The SMILES string of the molecule is COC(=O)c1c(NC(=O)C(=O)NCCc2c[nH]c3ccc(OC)cc23)sc(C)c1C. The number of fused-ring (bicyclic) bond motifs is 1. The van der Waals surface area contributed by atoms with Crippen molar-refractivity contribution in [2.75, 3.05) is 26.1 Å². The number of aryl methyl sites for hydroxylation is 1. The van der Waals surface area contributed by atoms with E-state index in [1.54, 1.807) is 14.0 Å². The van der Waals surface area contributed by atoms with Crippen LogP contribution in [-0.4, -0.2) is 43.5 Å². The molecule has 0 atom stereocenters. The Hall–Kier alpha value is -3.33. The summed E-state index contributed by atoms with van der Waals surface area (Å²) in [5.74, 6) is -1.41. The first-order valence-corrected chi connectivity index (χ1v) is 10.1. The van der Waals surface area contributed by atoms with E-state index in [1.807, 2.05) is 31.3 Å². The summed E-state index contributed by atoms with van der Waals surface area (Å²) < 4.78 is 10.0. The molecule has 0 aliphatic rings. The van der Waals surface area contributed by atoms with Crippen molar-refractivity contribution in [3.05, 3.63) is 46.0 Å². The predicted octanol–water partition coefficient (Wildman–Crippen LogP) is 2.94. The summed E-state index contributed by atoms with van der Waals surface area (Å²) in [4.78, 5) is 40.5. The highest BCUT2D eigenvalue weighted by atomic mass is 32.1. The summed E-state index contributed by atoms with van der Waals surface area (Å²) >= 11 is 1.23. The standard InChI is InChI=1S/C21H23N3O5S/c1-11-12(2)30-20(17(11)21(27)29-4)24-19(26)18(25)22-8-7-13-10-23-16-6-5-14(28-3)9-15(13)16/h5-6,9-10,23H,7-8H2,1-4H3,(H,22,25)(H,24,26). The Balaban J connectivity index is 1.62. The number of anilines is 1. The summed E-state index contributed by atoms with van der Waals surface area (Å²) in [7, 11) is 2.88. The van der Waals surface area contributed by atoms with E-state index in [1.165, 1.54) is 18.4 Å². The molecule has 0 aliphatic heterocycles. The first kappa shape index (κ1) is 21.4. The number of carbonyl (C=O) groups excluding carboxylic acids is 3. The Labute approximate surface area is 177 Å². The number of thiophene rings is 1. The van der Waals surface area contributed by atoms with Crippen LogP contribution in [-0.2, 0) is 20.7 Å². The maximum atomic E-state index is 12.3. The minimum atomic E-state index is -0.831. The maximum absolute atomic E-state index is 12.3. The van der Waals surface area contributed by atoms with Gasteiger partial charge in [-0.1, -0.05) is 0 Å². The summed E-state index contributed by atoms with van der Waals surface area (Å²) in [5, 5.41) is 6.44. The maximum Gasteiger partial charge on any atom is 0.341 e. The molecule has 9 heteroatoms. The van der Waals surface area contributed by atoms with Crippen LogP contribution in [0, 0.1) is 13.8 Å². The quantitative estimate of drug-likeness (QED) is 0.412. The second-order valence-corrected chi connectivity index (χ2v) is 7.89. The number of methoxy groups -OCH3 is 2. The molecule has 0 spiro atoms. The minimum absolute atomic E-state index is 0.272. The molecule has 0 unspecified atom stereocenters. The van der Waals surface area contributed by atoms with Gasteiger partial charge in [0.2, 0.25) is 0 Å². The molecular formula is C21H23N3O5S. The van der Waals surface area contributed by atoms with E-state index in [0.717, 1.165) is 32.7 Å². The Morgan fingerprint density at radius 1 is 1.13 bits per heavy atom. The Morgan fingerprint density at radius 2 is 1.90 bits per heavy atom. The molecule has 1 aromatic carbocycles. The van der Waals surface area contributed by atoms with Gasteiger partial charge in [-0.2, -0.15) is 0 Å². The lowest BCUT2D eigenvalue weighted by atomic mass is 10.1. The Morgan fingerprint density at radius 3 is 2.60 bits per heavy atom. The van der Waals surface area contributed by atoms with Crippen molar-refractivity contribution >= 4 is 45.0 Å². The topological polar surface area (TPSA) is 110 Å². The zero-order valence-electron chi connectivity index (χ0n) is 17.2. The number of esters is 1. The van der Waals surface area contributed by atoms with Gasteiger partial charge in [0.15, 0.2) is 0 Å². The van der Waals surface area contributed by atoms with Gasteiger partial charge in [0, 0.05) is 28.5 Å². The van der Waals surface area contributed by atoms with Gasteiger partial charge in [-0.3, -0.25) is 9.59 Å². The van der Waals surface area contributed by atoms with Crippen molar-refractivity contribution in [1.82, 2.24) is 10.3 Å². The highest BCUT2D eigenvalue weighted by molar-refractivity contribution is 7.17. The first-order chi connectivity index (χ1) is 14.3. The van der Waals surface area contributed by atoms with Crippen molar-refractivity contribution < 1.29 is 23.9 Å². The van der Waals surface area contributed by atoms with Crippen LogP contribution >= 0.6 is 11.3 Å². The van der Waals surface area contributed by atoms with E-state index in [-0.39, 0.29) is 12.1 Å². The summed E-state index contributed by atoms with van der Waals surface area (Å²) in [6.07, 6.45) is 2.41. The lowest BCUT2D eigenvalue weighted by Crippen LogP contribution is -2.36. The van der Waals surface area contributed by atoms with Gasteiger partial charge in [0.05, 0.1) is 19.8 Å². The molecule has 3 rings (SSSR count). The van der Waals surface area contributed by atoms with Crippen molar-refractivity contribution in [2.45, 2.75) is 20.3 Å². The smallest absolute Gasteiger partial charge is 0.341 e. The highest BCUT2D eigenvalue weighted by Crippen LogP contribution is 2.32. The van der Waals surface area contributed by atoms with Crippen LogP contribution in [0.5, 0.6) is 5.75 Å². The Bertz CT molecular complexity index is 1120. The number of ether oxygens (including phenoxy) is 2. The number of carbonyl (C=O) groups is 3. The second kappa shape index (κ2) is 9.00. The van der Waals surface area contributed by atoms with E-state index in [0.29, 0.717) is 11.4 Å². The summed E-state index contributed by atoms with van der Waals surface area (Å²) in [5.41, 5.74) is 2.96. The molecule has 2 amide bonds. The summed E-state index contributed by atoms with van der Waals surface area (Å²) in [6.45, 7) is 3.88. The number of hydrogen-bond acceptors (Lipinski definition) is 6. The fraction of sp³-hybridized carbons (Fsp3) is 0.286. The van der Waals surface area contributed by atoms with Crippen LogP contribution in [0.2, 0.25) is 0 Å². The number of hydrogen-bond donors (Lipinski definition) is 3. The third kappa shape index (κ3) is 4.30. The third-order valence-electron chi connectivity index (χ3n) is 4.86. The molecule has 2 aromatic heterocycles.